The molecule has 0 radical (unpaired) electrons. The number of anilines is 1. The van der Waals surface area contributed by atoms with Crippen molar-refractivity contribution in [3.8, 4) is 0 Å². The molecule has 0 aromatic carbocycles. The Labute approximate surface area is 109 Å². The number of hydrogen-bond donors (Lipinski definition) is 0. The maximum Gasteiger partial charge on any atom is 0.278 e. The van der Waals surface area contributed by atoms with Gasteiger partial charge in [0, 0.05) is 24.6 Å². The van der Waals surface area contributed by atoms with Crippen LogP contribution in [0.3, 0.4) is 0 Å². The number of rotatable bonds is 3. The quantitative estimate of drug-likeness (QED) is 0.851. The molecule has 0 aliphatic rings. The van der Waals surface area contributed by atoms with Gasteiger partial charge in [-0.1, -0.05) is 11.6 Å². The highest BCUT2D eigenvalue weighted by Crippen LogP contribution is 2.14. The van der Waals surface area contributed by atoms with E-state index in [1.807, 2.05) is 6.92 Å². The van der Waals surface area contributed by atoms with Crippen LogP contribution in [0, 0.1) is 0 Å². The van der Waals surface area contributed by atoms with Crippen molar-refractivity contribution in [3.05, 3.63) is 47.8 Å². The van der Waals surface area contributed by atoms with E-state index in [1.165, 1.54) is 12.4 Å². The number of carbonyl (C=O) groups is 1. The van der Waals surface area contributed by atoms with E-state index in [4.69, 9.17) is 11.6 Å². The number of nitrogens with zero attached hydrogens (tertiary/aromatic N) is 4. The lowest BCUT2D eigenvalue weighted by molar-refractivity contribution is 0.0983. The van der Waals surface area contributed by atoms with Gasteiger partial charge >= 0.3 is 0 Å². The molecule has 0 saturated carbocycles. The van der Waals surface area contributed by atoms with Gasteiger partial charge in [0.05, 0.1) is 12.4 Å². The first kappa shape index (κ1) is 12.4. The molecule has 2 aromatic rings. The zero-order chi connectivity index (χ0) is 13.0. The Kier molecular flexibility index (Phi) is 3.84. The summed E-state index contributed by atoms with van der Waals surface area (Å²) in [6, 6.07) is 3.54. The largest absolute Gasteiger partial charge is 0.307 e. The lowest BCUT2D eigenvalue weighted by Gasteiger charge is -2.20. The molecule has 0 bridgehead atoms. The van der Waals surface area contributed by atoms with Gasteiger partial charge in [0.2, 0.25) is 0 Å². The van der Waals surface area contributed by atoms with Crippen molar-refractivity contribution in [2.24, 2.45) is 0 Å². The van der Waals surface area contributed by atoms with Crippen LogP contribution >= 0.6 is 11.6 Å². The second-order valence-corrected chi connectivity index (χ2v) is 3.87. The summed E-state index contributed by atoms with van der Waals surface area (Å²) in [4.78, 5) is 25.6. The summed E-state index contributed by atoms with van der Waals surface area (Å²) in [6.07, 6.45) is 6.00. The van der Waals surface area contributed by atoms with Gasteiger partial charge in [-0.15, -0.1) is 0 Å². The number of hydrogen-bond acceptors (Lipinski definition) is 4. The van der Waals surface area contributed by atoms with E-state index in [1.54, 1.807) is 29.4 Å². The minimum absolute atomic E-state index is 0.215. The van der Waals surface area contributed by atoms with Crippen molar-refractivity contribution in [1.29, 1.82) is 0 Å². The maximum atomic E-state index is 12.2. The Balaban J connectivity index is 2.28. The predicted molar refractivity (Wildman–Crippen MR) is 68.6 cm³/mol. The first-order valence-electron chi connectivity index (χ1n) is 5.42. The van der Waals surface area contributed by atoms with Crippen molar-refractivity contribution in [2.75, 3.05) is 11.4 Å². The molecule has 0 saturated heterocycles. The summed E-state index contributed by atoms with van der Waals surface area (Å²) in [6.45, 7) is 2.43. The van der Waals surface area contributed by atoms with E-state index >= 15 is 0 Å². The number of amides is 1. The first-order valence-corrected chi connectivity index (χ1v) is 5.79. The molecule has 18 heavy (non-hydrogen) atoms. The molecule has 2 aromatic heterocycles. The third-order valence-electron chi connectivity index (χ3n) is 2.38. The zero-order valence-corrected chi connectivity index (χ0v) is 10.5. The van der Waals surface area contributed by atoms with Crippen molar-refractivity contribution in [1.82, 2.24) is 15.0 Å². The molecule has 92 valence electrons. The molecule has 2 heterocycles. The topological polar surface area (TPSA) is 59.0 Å². The third kappa shape index (κ3) is 2.62. The Morgan fingerprint density at radius 1 is 1.28 bits per heavy atom. The summed E-state index contributed by atoms with van der Waals surface area (Å²) in [5, 5.41) is 0.263. The van der Waals surface area contributed by atoms with Crippen LogP contribution in [-0.2, 0) is 0 Å². The highest BCUT2D eigenvalue weighted by atomic mass is 35.5. The van der Waals surface area contributed by atoms with Gasteiger partial charge < -0.3 is 4.90 Å². The van der Waals surface area contributed by atoms with Gasteiger partial charge in [-0.05, 0) is 19.1 Å². The Hall–Kier alpha value is -2.01. The lowest BCUT2D eigenvalue weighted by atomic mass is 10.3. The van der Waals surface area contributed by atoms with Gasteiger partial charge in [-0.2, -0.15) is 0 Å². The highest BCUT2D eigenvalue weighted by Gasteiger charge is 2.17. The molecule has 0 spiro atoms. The maximum absolute atomic E-state index is 12.2. The second-order valence-electron chi connectivity index (χ2n) is 3.48. The van der Waals surface area contributed by atoms with Crippen LogP contribution in [0.1, 0.15) is 17.4 Å². The average Bonchev–Trinajstić information content (AvgIpc) is 2.41. The van der Waals surface area contributed by atoms with Crippen molar-refractivity contribution >= 4 is 23.2 Å². The molecular weight excluding hydrogens is 252 g/mol. The van der Waals surface area contributed by atoms with Crippen molar-refractivity contribution in [3.63, 3.8) is 0 Å². The molecule has 0 fully saturated rings. The van der Waals surface area contributed by atoms with E-state index < -0.39 is 0 Å². The van der Waals surface area contributed by atoms with E-state index in [2.05, 4.69) is 15.0 Å². The monoisotopic (exact) mass is 262 g/mol. The number of halogens is 1. The van der Waals surface area contributed by atoms with E-state index in [0.29, 0.717) is 6.54 Å². The van der Waals surface area contributed by atoms with Crippen LogP contribution in [-0.4, -0.2) is 27.4 Å². The van der Waals surface area contributed by atoms with Gasteiger partial charge in [0.25, 0.3) is 5.91 Å². The van der Waals surface area contributed by atoms with Gasteiger partial charge in [0.1, 0.15) is 10.8 Å². The summed E-state index contributed by atoms with van der Waals surface area (Å²) in [5.41, 5.74) is 1.03. The molecule has 0 aliphatic carbocycles. The summed E-state index contributed by atoms with van der Waals surface area (Å²) >= 11 is 5.64. The van der Waals surface area contributed by atoms with E-state index in [-0.39, 0.29) is 16.8 Å². The van der Waals surface area contributed by atoms with Gasteiger partial charge in [-0.25, -0.2) is 9.97 Å². The van der Waals surface area contributed by atoms with Crippen LogP contribution in [0.2, 0.25) is 5.15 Å². The Bertz CT molecular complexity index is 530. The predicted octanol–water partition coefficient (Wildman–Crippen LogP) is 2.19. The summed E-state index contributed by atoms with van der Waals surface area (Å²) in [7, 11) is 0. The second kappa shape index (κ2) is 5.55. The molecule has 0 aliphatic heterocycles. The van der Waals surface area contributed by atoms with E-state index in [0.717, 1.165) is 5.69 Å². The molecular formula is C12H11ClN4O. The normalized spacial score (nSPS) is 10.1. The van der Waals surface area contributed by atoms with Crippen LogP contribution in [0.15, 0.2) is 36.9 Å². The Morgan fingerprint density at radius 2 is 2.00 bits per heavy atom. The number of carbonyl (C=O) groups excluding carboxylic acids is 1. The molecule has 5 nitrogen and oxygen atoms in total. The lowest BCUT2D eigenvalue weighted by Crippen LogP contribution is -2.31. The fraction of sp³-hybridized carbons (Fsp3) is 0.167. The van der Waals surface area contributed by atoms with Gasteiger partial charge in [0.15, 0.2) is 0 Å². The van der Waals surface area contributed by atoms with Crippen LogP contribution in [0.4, 0.5) is 5.69 Å². The standard InChI is InChI=1S/C12H11ClN4O/c1-2-17(9-3-5-14-6-4-9)12(18)10-7-16-11(13)8-15-10/h3-8H,2H2,1H3. The minimum Gasteiger partial charge on any atom is -0.307 e. The molecule has 1 amide bonds. The van der Waals surface area contributed by atoms with Crippen LogP contribution < -0.4 is 4.90 Å². The molecule has 0 N–H and O–H groups in total. The van der Waals surface area contributed by atoms with Crippen molar-refractivity contribution < 1.29 is 4.79 Å². The molecule has 2 rings (SSSR count). The molecule has 0 unspecified atom stereocenters. The van der Waals surface area contributed by atoms with Crippen molar-refractivity contribution in [2.45, 2.75) is 6.92 Å². The van der Waals surface area contributed by atoms with E-state index in [9.17, 15) is 4.79 Å². The smallest absolute Gasteiger partial charge is 0.278 e. The van der Waals surface area contributed by atoms with Gasteiger partial charge in [-0.3, -0.25) is 9.78 Å². The SMILES string of the molecule is CCN(C(=O)c1cnc(Cl)cn1)c1ccncc1. The minimum atomic E-state index is -0.215. The first-order chi connectivity index (χ1) is 8.72. The summed E-state index contributed by atoms with van der Waals surface area (Å²) in [5.74, 6) is -0.215. The summed E-state index contributed by atoms with van der Waals surface area (Å²) < 4.78 is 0. The fourth-order valence-corrected chi connectivity index (χ4v) is 1.63. The molecule has 0 atom stereocenters. The number of pyridine rings is 1. The zero-order valence-electron chi connectivity index (χ0n) is 9.75. The Morgan fingerprint density at radius 3 is 2.56 bits per heavy atom. The third-order valence-corrected chi connectivity index (χ3v) is 2.57. The highest BCUT2D eigenvalue weighted by molar-refractivity contribution is 6.29. The number of aromatic nitrogens is 3. The molecule has 6 heteroatoms. The van der Waals surface area contributed by atoms with Crippen LogP contribution in [0.25, 0.3) is 0 Å². The average molecular weight is 263 g/mol. The van der Waals surface area contributed by atoms with Crippen LogP contribution in [0.5, 0.6) is 0 Å². The fourth-order valence-electron chi connectivity index (χ4n) is 1.53.